The number of aromatic nitrogens is 2. The summed E-state index contributed by atoms with van der Waals surface area (Å²) in [5.74, 6) is 1.22. The van der Waals surface area contributed by atoms with Gasteiger partial charge in [0.05, 0.1) is 5.56 Å². The van der Waals surface area contributed by atoms with Gasteiger partial charge in [0, 0.05) is 43.4 Å². The number of carbonyl (C=O) groups excluding carboxylic acids is 1. The summed E-state index contributed by atoms with van der Waals surface area (Å²) in [5.41, 5.74) is 0.168. The average Bonchev–Trinajstić information content (AvgIpc) is 3.25. The van der Waals surface area contributed by atoms with Crippen molar-refractivity contribution in [2.24, 2.45) is 0 Å². The van der Waals surface area contributed by atoms with Crippen molar-refractivity contribution in [1.29, 1.82) is 0 Å². The van der Waals surface area contributed by atoms with Crippen LogP contribution in [0.15, 0.2) is 11.2 Å². The van der Waals surface area contributed by atoms with Crippen LogP contribution in [0, 0.1) is 0 Å². The fraction of sp³-hybridized carbons (Fsp3) is 0.733. The third kappa shape index (κ3) is 3.62. The third-order valence-corrected chi connectivity index (χ3v) is 7.32. The fourth-order valence-electron chi connectivity index (χ4n) is 3.15. The van der Waals surface area contributed by atoms with E-state index in [1.807, 2.05) is 6.92 Å². The summed E-state index contributed by atoms with van der Waals surface area (Å²) < 4.78 is 28.8. The van der Waals surface area contributed by atoms with E-state index < -0.39 is 10.0 Å². The molecule has 1 saturated carbocycles. The SMILES string of the molecule is CCn1cc(C(=O)NC2CCCC2)c(S(=O)(=O)N2CCSCC2)n1. The van der Waals surface area contributed by atoms with Crippen molar-refractivity contribution in [2.45, 2.75) is 50.2 Å². The Morgan fingerprint density at radius 3 is 2.62 bits per heavy atom. The van der Waals surface area contributed by atoms with Crippen LogP contribution < -0.4 is 5.32 Å². The predicted octanol–water partition coefficient (Wildman–Crippen LogP) is 1.31. The van der Waals surface area contributed by atoms with E-state index in [1.54, 1.807) is 18.0 Å². The maximum Gasteiger partial charge on any atom is 0.263 e. The van der Waals surface area contributed by atoms with Gasteiger partial charge in [0.25, 0.3) is 15.9 Å². The van der Waals surface area contributed by atoms with Gasteiger partial charge in [0.1, 0.15) is 0 Å². The molecule has 3 rings (SSSR count). The Hall–Kier alpha value is -1.06. The fourth-order valence-corrected chi connectivity index (χ4v) is 5.83. The molecule has 1 amide bonds. The van der Waals surface area contributed by atoms with Crippen LogP contribution in [0.2, 0.25) is 0 Å². The molecule has 0 radical (unpaired) electrons. The summed E-state index contributed by atoms with van der Waals surface area (Å²) >= 11 is 1.74. The average molecular weight is 373 g/mol. The molecule has 0 spiro atoms. The van der Waals surface area contributed by atoms with Crippen LogP contribution in [0.1, 0.15) is 43.0 Å². The molecule has 1 aliphatic carbocycles. The number of nitrogens with one attached hydrogen (secondary N) is 1. The number of nitrogens with zero attached hydrogens (tertiary/aromatic N) is 3. The van der Waals surface area contributed by atoms with Crippen LogP contribution in [-0.2, 0) is 16.6 Å². The molecule has 0 aromatic carbocycles. The second-order valence-corrected chi connectivity index (χ2v) is 9.25. The number of hydrogen-bond donors (Lipinski definition) is 1. The van der Waals surface area contributed by atoms with Gasteiger partial charge in [-0.15, -0.1) is 0 Å². The van der Waals surface area contributed by atoms with Gasteiger partial charge in [-0.3, -0.25) is 9.48 Å². The van der Waals surface area contributed by atoms with Crippen LogP contribution in [0.5, 0.6) is 0 Å². The van der Waals surface area contributed by atoms with E-state index in [-0.39, 0.29) is 22.5 Å². The molecular formula is C15H24N4O3S2. The lowest BCUT2D eigenvalue weighted by atomic mass is 10.2. The van der Waals surface area contributed by atoms with E-state index in [0.29, 0.717) is 19.6 Å². The maximum absolute atomic E-state index is 12.9. The lowest BCUT2D eigenvalue weighted by Gasteiger charge is -2.25. The van der Waals surface area contributed by atoms with Crippen molar-refractivity contribution in [3.63, 3.8) is 0 Å². The first-order valence-electron chi connectivity index (χ1n) is 8.48. The Labute approximate surface area is 147 Å². The summed E-state index contributed by atoms with van der Waals surface area (Å²) in [5, 5.41) is 7.05. The lowest BCUT2D eigenvalue weighted by Crippen LogP contribution is -2.39. The highest BCUT2D eigenvalue weighted by atomic mass is 32.2. The zero-order valence-electron chi connectivity index (χ0n) is 13.9. The molecular weight excluding hydrogens is 348 g/mol. The molecule has 24 heavy (non-hydrogen) atoms. The summed E-state index contributed by atoms with van der Waals surface area (Å²) in [6, 6.07) is 0.143. The molecule has 1 N–H and O–H groups in total. The van der Waals surface area contributed by atoms with Gasteiger partial charge in [-0.1, -0.05) is 12.8 Å². The van der Waals surface area contributed by atoms with Gasteiger partial charge >= 0.3 is 0 Å². The Bertz CT molecular complexity index is 690. The molecule has 2 aliphatic rings. The molecule has 0 bridgehead atoms. The van der Waals surface area contributed by atoms with E-state index in [1.165, 1.54) is 8.99 Å². The number of amides is 1. The summed E-state index contributed by atoms with van der Waals surface area (Å²) in [6.45, 7) is 3.33. The standard InChI is InChI=1S/C15H24N4O3S2/c1-2-18-11-13(14(20)16-12-5-3-4-6-12)15(17-18)24(21,22)19-7-9-23-10-8-19/h11-12H,2-10H2,1H3,(H,16,20). The Morgan fingerprint density at radius 1 is 1.33 bits per heavy atom. The van der Waals surface area contributed by atoms with E-state index in [4.69, 9.17) is 0 Å². The van der Waals surface area contributed by atoms with Gasteiger partial charge in [-0.25, -0.2) is 8.42 Å². The van der Waals surface area contributed by atoms with Crippen molar-refractivity contribution >= 4 is 27.7 Å². The molecule has 9 heteroatoms. The normalized spacial score (nSPS) is 20.4. The van der Waals surface area contributed by atoms with E-state index in [2.05, 4.69) is 10.4 Å². The maximum atomic E-state index is 12.9. The highest BCUT2D eigenvalue weighted by molar-refractivity contribution is 7.99. The zero-order valence-corrected chi connectivity index (χ0v) is 15.5. The van der Waals surface area contributed by atoms with Gasteiger partial charge < -0.3 is 5.32 Å². The first-order valence-corrected chi connectivity index (χ1v) is 11.1. The summed E-state index contributed by atoms with van der Waals surface area (Å²) in [6.07, 6.45) is 5.68. The van der Waals surface area contributed by atoms with Crippen LogP contribution in [0.4, 0.5) is 0 Å². The minimum absolute atomic E-state index is 0.105. The quantitative estimate of drug-likeness (QED) is 0.842. The van der Waals surface area contributed by atoms with Crippen LogP contribution in [-0.4, -0.2) is 59.0 Å². The Kier molecular flexibility index (Phi) is 5.51. The van der Waals surface area contributed by atoms with E-state index in [9.17, 15) is 13.2 Å². The molecule has 7 nitrogen and oxygen atoms in total. The Balaban J connectivity index is 1.88. The zero-order chi connectivity index (χ0) is 17.2. The number of hydrogen-bond acceptors (Lipinski definition) is 5. The third-order valence-electron chi connectivity index (χ3n) is 4.54. The molecule has 2 fully saturated rings. The molecule has 2 heterocycles. The van der Waals surface area contributed by atoms with Crippen molar-refractivity contribution in [3.8, 4) is 0 Å². The molecule has 1 saturated heterocycles. The highest BCUT2D eigenvalue weighted by Crippen LogP contribution is 2.23. The predicted molar refractivity (Wildman–Crippen MR) is 93.7 cm³/mol. The second-order valence-electron chi connectivity index (χ2n) is 6.17. The van der Waals surface area contributed by atoms with Crippen LogP contribution >= 0.6 is 11.8 Å². The second kappa shape index (κ2) is 7.45. The van der Waals surface area contributed by atoms with Crippen molar-refractivity contribution in [1.82, 2.24) is 19.4 Å². The molecule has 0 atom stereocenters. The van der Waals surface area contributed by atoms with Gasteiger partial charge in [0.2, 0.25) is 5.03 Å². The summed E-state index contributed by atoms with van der Waals surface area (Å²) in [7, 11) is -3.73. The first kappa shape index (κ1) is 17.8. The molecule has 1 aromatic heterocycles. The van der Waals surface area contributed by atoms with E-state index in [0.717, 1.165) is 37.2 Å². The number of rotatable bonds is 5. The van der Waals surface area contributed by atoms with Crippen molar-refractivity contribution < 1.29 is 13.2 Å². The van der Waals surface area contributed by atoms with Gasteiger partial charge in [0.15, 0.2) is 0 Å². The first-order chi connectivity index (χ1) is 11.5. The minimum atomic E-state index is -3.73. The Morgan fingerprint density at radius 2 is 2.00 bits per heavy atom. The van der Waals surface area contributed by atoms with Crippen molar-refractivity contribution in [2.75, 3.05) is 24.6 Å². The minimum Gasteiger partial charge on any atom is -0.349 e. The highest BCUT2D eigenvalue weighted by Gasteiger charge is 2.34. The van der Waals surface area contributed by atoms with Gasteiger partial charge in [-0.2, -0.15) is 21.2 Å². The lowest BCUT2D eigenvalue weighted by molar-refractivity contribution is 0.0934. The van der Waals surface area contributed by atoms with Crippen LogP contribution in [0.3, 0.4) is 0 Å². The number of thioether (sulfide) groups is 1. The van der Waals surface area contributed by atoms with Crippen LogP contribution in [0.25, 0.3) is 0 Å². The molecule has 1 aliphatic heterocycles. The largest absolute Gasteiger partial charge is 0.349 e. The van der Waals surface area contributed by atoms with E-state index >= 15 is 0 Å². The number of sulfonamides is 1. The molecule has 0 unspecified atom stereocenters. The monoisotopic (exact) mass is 372 g/mol. The summed E-state index contributed by atoms with van der Waals surface area (Å²) in [4.78, 5) is 12.6. The topological polar surface area (TPSA) is 84.3 Å². The molecule has 134 valence electrons. The number of aryl methyl sites for hydroxylation is 1. The number of carbonyl (C=O) groups is 1. The van der Waals surface area contributed by atoms with Gasteiger partial charge in [-0.05, 0) is 19.8 Å². The van der Waals surface area contributed by atoms with Crippen molar-refractivity contribution in [3.05, 3.63) is 11.8 Å². The smallest absolute Gasteiger partial charge is 0.263 e. The molecule has 1 aromatic rings.